The van der Waals surface area contributed by atoms with Gasteiger partial charge in [0.05, 0.1) is 0 Å². The average Bonchev–Trinajstić information content (AvgIpc) is 2.92. The molecule has 1 saturated carbocycles. The van der Waals surface area contributed by atoms with Gasteiger partial charge in [0.15, 0.2) is 0 Å². The van der Waals surface area contributed by atoms with Crippen LogP contribution in [0.5, 0.6) is 0 Å². The van der Waals surface area contributed by atoms with Crippen LogP contribution in [0.1, 0.15) is 18.4 Å². The van der Waals surface area contributed by atoms with E-state index in [1.807, 2.05) is 24.3 Å². The SMILES string of the molecule is Brc1ccc(/[C]=N/OC2CC2)cc1. The van der Waals surface area contributed by atoms with E-state index in [1.165, 1.54) is 0 Å². The first kappa shape index (κ1) is 8.75. The van der Waals surface area contributed by atoms with Crippen molar-refractivity contribution in [2.75, 3.05) is 0 Å². The molecule has 67 valence electrons. The predicted molar refractivity (Wildman–Crippen MR) is 54.8 cm³/mol. The standard InChI is InChI=1S/C10H9BrNO/c11-9-3-1-8(2-4-9)7-12-13-10-5-6-10/h1-4,10H,5-6H2. The number of benzene rings is 1. The fourth-order valence-electron chi connectivity index (χ4n) is 0.851. The third kappa shape index (κ3) is 2.84. The molecule has 0 saturated heterocycles. The lowest BCUT2D eigenvalue weighted by molar-refractivity contribution is 0.131. The Kier molecular flexibility index (Phi) is 2.64. The van der Waals surface area contributed by atoms with Gasteiger partial charge in [-0.25, -0.2) is 0 Å². The molecule has 1 radical (unpaired) electrons. The van der Waals surface area contributed by atoms with Gasteiger partial charge in [-0.1, -0.05) is 33.2 Å². The summed E-state index contributed by atoms with van der Waals surface area (Å²) in [4.78, 5) is 5.09. The van der Waals surface area contributed by atoms with Gasteiger partial charge in [0, 0.05) is 10.0 Å². The number of hydrogen-bond acceptors (Lipinski definition) is 2. The van der Waals surface area contributed by atoms with E-state index in [-0.39, 0.29) is 0 Å². The number of halogens is 1. The summed E-state index contributed by atoms with van der Waals surface area (Å²) in [5.74, 6) is 0. The van der Waals surface area contributed by atoms with E-state index in [9.17, 15) is 0 Å². The van der Waals surface area contributed by atoms with E-state index in [4.69, 9.17) is 4.84 Å². The third-order valence-corrected chi connectivity index (χ3v) is 2.27. The second kappa shape index (κ2) is 3.92. The van der Waals surface area contributed by atoms with Crippen molar-refractivity contribution >= 4 is 22.1 Å². The van der Waals surface area contributed by atoms with Crippen molar-refractivity contribution in [3.63, 3.8) is 0 Å². The average molecular weight is 239 g/mol. The maximum atomic E-state index is 5.09. The first-order chi connectivity index (χ1) is 6.34. The van der Waals surface area contributed by atoms with Crippen LogP contribution in [0, 0.1) is 0 Å². The molecule has 0 spiro atoms. The lowest BCUT2D eigenvalue weighted by atomic mass is 10.2. The summed E-state index contributed by atoms with van der Waals surface area (Å²) in [6, 6.07) is 7.78. The van der Waals surface area contributed by atoms with Crippen LogP contribution in [0.25, 0.3) is 0 Å². The quantitative estimate of drug-likeness (QED) is 0.587. The van der Waals surface area contributed by atoms with Crippen LogP contribution in [0.3, 0.4) is 0 Å². The highest BCUT2D eigenvalue weighted by atomic mass is 79.9. The summed E-state index contributed by atoms with van der Waals surface area (Å²) >= 11 is 3.36. The van der Waals surface area contributed by atoms with Gasteiger partial charge < -0.3 is 4.84 Å². The van der Waals surface area contributed by atoms with E-state index in [2.05, 4.69) is 27.3 Å². The molecule has 0 bridgehead atoms. The highest BCUT2D eigenvalue weighted by Crippen LogP contribution is 2.23. The lowest BCUT2D eigenvalue weighted by Gasteiger charge is -1.93. The van der Waals surface area contributed by atoms with Crippen LogP contribution < -0.4 is 0 Å². The number of nitrogens with zero attached hydrogens (tertiary/aromatic N) is 1. The minimum Gasteiger partial charge on any atom is -0.392 e. The molecule has 0 N–H and O–H groups in total. The molecule has 0 aromatic heterocycles. The van der Waals surface area contributed by atoms with Gasteiger partial charge in [-0.2, -0.15) is 0 Å². The fourth-order valence-corrected chi connectivity index (χ4v) is 1.12. The molecule has 0 atom stereocenters. The van der Waals surface area contributed by atoms with Crippen LogP contribution in [0.2, 0.25) is 0 Å². The van der Waals surface area contributed by atoms with Gasteiger partial charge in [-0.3, -0.25) is 0 Å². The van der Waals surface area contributed by atoms with Gasteiger partial charge in [-0.05, 0) is 25.0 Å². The molecule has 0 heterocycles. The Balaban J connectivity index is 1.92. The molecule has 1 aromatic rings. The smallest absolute Gasteiger partial charge is 0.139 e. The molecule has 1 aliphatic rings. The first-order valence-corrected chi connectivity index (χ1v) is 5.01. The zero-order valence-electron chi connectivity index (χ0n) is 7.03. The van der Waals surface area contributed by atoms with E-state index in [0.29, 0.717) is 6.10 Å². The van der Waals surface area contributed by atoms with Crippen LogP contribution >= 0.6 is 15.9 Å². The minimum atomic E-state index is 0.350. The molecular formula is C10H9BrNO. The maximum absolute atomic E-state index is 5.09. The zero-order valence-corrected chi connectivity index (χ0v) is 8.62. The van der Waals surface area contributed by atoms with Crippen LogP contribution in [0.4, 0.5) is 0 Å². The van der Waals surface area contributed by atoms with Gasteiger partial charge in [-0.15, -0.1) is 0 Å². The highest BCUT2D eigenvalue weighted by Gasteiger charge is 2.23. The topological polar surface area (TPSA) is 21.6 Å². The Morgan fingerprint density at radius 3 is 2.62 bits per heavy atom. The van der Waals surface area contributed by atoms with Crippen molar-refractivity contribution in [2.45, 2.75) is 18.9 Å². The van der Waals surface area contributed by atoms with E-state index in [0.717, 1.165) is 22.9 Å². The largest absolute Gasteiger partial charge is 0.392 e. The first-order valence-electron chi connectivity index (χ1n) is 4.22. The van der Waals surface area contributed by atoms with Crippen molar-refractivity contribution < 1.29 is 4.84 Å². The number of rotatable bonds is 3. The summed E-state index contributed by atoms with van der Waals surface area (Å²) < 4.78 is 1.06. The molecule has 3 heteroatoms. The van der Waals surface area contributed by atoms with E-state index >= 15 is 0 Å². The maximum Gasteiger partial charge on any atom is 0.139 e. The highest BCUT2D eigenvalue weighted by molar-refractivity contribution is 9.10. The molecular weight excluding hydrogens is 230 g/mol. The summed E-state index contributed by atoms with van der Waals surface area (Å²) in [6.45, 7) is 0. The molecule has 2 rings (SSSR count). The zero-order chi connectivity index (χ0) is 9.10. The second-order valence-corrected chi connectivity index (χ2v) is 3.93. The van der Waals surface area contributed by atoms with E-state index < -0.39 is 0 Å². The van der Waals surface area contributed by atoms with E-state index in [1.54, 1.807) is 0 Å². The predicted octanol–water partition coefficient (Wildman–Crippen LogP) is 2.84. The van der Waals surface area contributed by atoms with Gasteiger partial charge in [0.1, 0.15) is 12.3 Å². The Labute approximate surface area is 85.7 Å². The van der Waals surface area contributed by atoms with Gasteiger partial charge in [0.25, 0.3) is 0 Å². The van der Waals surface area contributed by atoms with Crippen LogP contribution in [0.15, 0.2) is 33.9 Å². The Morgan fingerprint density at radius 1 is 1.31 bits per heavy atom. The molecule has 1 fully saturated rings. The summed E-state index contributed by atoms with van der Waals surface area (Å²) in [5, 5.41) is 3.77. The summed E-state index contributed by atoms with van der Waals surface area (Å²) in [7, 11) is 0. The monoisotopic (exact) mass is 238 g/mol. The number of hydrogen-bond donors (Lipinski definition) is 0. The minimum absolute atomic E-state index is 0.350. The Hall–Kier alpha value is -0.830. The van der Waals surface area contributed by atoms with Crippen molar-refractivity contribution in [3.05, 3.63) is 34.3 Å². The van der Waals surface area contributed by atoms with Crippen molar-refractivity contribution in [3.8, 4) is 0 Å². The third-order valence-electron chi connectivity index (χ3n) is 1.75. The van der Waals surface area contributed by atoms with Crippen LogP contribution in [-0.4, -0.2) is 12.3 Å². The van der Waals surface area contributed by atoms with Crippen molar-refractivity contribution in [2.24, 2.45) is 5.16 Å². The molecule has 0 aliphatic heterocycles. The molecule has 2 nitrogen and oxygen atoms in total. The summed E-state index contributed by atoms with van der Waals surface area (Å²) in [5.41, 5.74) is 0.934. The molecule has 1 aliphatic carbocycles. The Morgan fingerprint density at radius 2 is 2.00 bits per heavy atom. The van der Waals surface area contributed by atoms with Crippen molar-refractivity contribution in [1.29, 1.82) is 0 Å². The van der Waals surface area contributed by atoms with Crippen LogP contribution in [-0.2, 0) is 4.84 Å². The normalized spacial score (nSPS) is 16.4. The molecule has 1 aromatic carbocycles. The second-order valence-electron chi connectivity index (χ2n) is 3.01. The van der Waals surface area contributed by atoms with Crippen molar-refractivity contribution in [1.82, 2.24) is 0 Å². The van der Waals surface area contributed by atoms with Gasteiger partial charge >= 0.3 is 0 Å². The molecule has 13 heavy (non-hydrogen) atoms. The molecule has 0 unspecified atom stereocenters. The van der Waals surface area contributed by atoms with Gasteiger partial charge in [0.2, 0.25) is 0 Å². The Bertz CT molecular complexity index is 303. The fraction of sp³-hybridized carbons (Fsp3) is 0.300. The summed E-state index contributed by atoms with van der Waals surface area (Å²) in [6.07, 6.45) is 5.44. The molecule has 0 amide bonds. The lowest BCUT2D eigenvalue weighted by Crippen LogP contribution is -1.86.